The van der Waals surface area contributed by atoms with E-state index in [0.717, 1.165) is 81.0 Å². The molecule has 1 fully saturated rings. The molecular weight excluding hydrogens is 484 g/mol. The zero-order valence-corrected chi connectivity index (χ0v) is 22.0. The molecule has 2 aliphatic rings. The summed E-state index contributed by atoms with van der Waals surface area (Å²) >= 11 is 6.35. The van der Waals surface area contributed by atoms with E-state index in [1.54, 1.807) is 12.4 Å². The minimum absolute atomic E-state index is 0.0244. The first-order valence-electron chi connectivity index (χ1n) is 13.1. The third-order valence-electron chi connectivity index (χ3n) is 7.58. The van der Waals surface area contributed by atoms with E-state index in [1.165, 1.54) is 22.2 Å². The number of hydrogen-bond donors (Lipinski definition) is 1. The third kappa shape index (κ3) is 5.17. The van der Waals surface area contributed by atoms with Crippen molar-refractivity contribution >= 4 is 28.5 Å². The Kier molecular flexibility index (Phi) is 7.00. The number of nitrogens with zero attached hydrogens (tertiary/aromatic N) is 5. The summed E-state index contributed by atoms with van der Waals surface area (Å²) < 4.78 is 6.10. The molecule has 0 radical (unpaired) electrons. The molecule has 0 unspecified atom stereocenters. The molecule has 1 saturated heterocycles. The van der Waals surface area contributed by atoms with Crippen LogP contribution in [0.15, 0.2) is 60.9 Å². The van der Waals surface area contributed by atoms with Crippen molar-refractivity contribution in [2.45, 2.75) is 18.9 Å². The summed E-state index contributed by atoms with van der Waals surface area (Å²) in [4.78, 5) is 20.0. The van der Waals surface area contributed by atoms with Gasteiger partial charge in [0.1, 0.15) is 5.75 Å². The molecule has 192 valence electrons. The lowest BCUT2D eigenvalue weighted by molar-refractivity contribution is 0.145. The third-order valence-corrected chi connectivity index (χ3v) is 7.81. The number of halogens is 1. The van der Waals surface area contributed by atoms with Crippen LogP contribution in [0.3, 0.4) is 0 Å². The van der Waals surface area contributed by atoms with Crippen molar-refractivity contribution in [3.63, 3.8) is 0 Å². The molecule has 0 bridgehead atoms. The maximum absolute atomic E-state index is 6.35. The minimum Gasteiger partial charge on any atom is -0.494 e. The van der Waals surface area contributed by atoms with E-state index in [9.17, 15) is 0 Å². The largest absolute Gasteiger partial charge is 0.494 e. The van der Waals surface area contributed by atoms with Gasteiger partial charge in [0.15, 0.2) is 0 Å². The number of aromatic amines is 1. The Labute approximate surface area is 223 Å². The number of piperazine rings is 1. The van der Waals surface area contributed by atoms with Gasteiger partial charge in [0.2, 0.25) is 5.95 Å². The van der Waals surface area contributed by atoms with Gasteiger partial charge in [-0.15, -0.1) is 0 Å². The maximum Gasteiger partial charge on any atom is 0.226 e. The highest BCUT2D eigenvalue weighted by Crippen LogP contribution is 2.40. The first kappa shape index (κ1) is 24.2. The van der Waals surface area contributed by atoms with Crippen LogP contribution in [0.2, 0.25) is 5.02 Å². The van der Waals surface area contributed by atoms with E-state index in [-0.39, 0.29) is 6.04 Å². The quantitative estimate of drug-likeness (QED) is 0.357. The fraction of sp³-hybridized carbons (Fsp3) is 0.379. The number of likely N-dealkylation sites (N-methyl/N-ethyl adjacent to an activating group) is 1. The average molecular weight is 517 g/mol. The Bertz CT molecular complexity index is 1330. The van der Waals surface area contributed by atoms with Crippen LogP contribution in [0.25, 0.3) is 10.9 Å². The van der Waals surface area contributed by atoms with Crippen LogP contribution in [0.1, 0.15) is 29.3 Å². The van der Waals surface area contributed by atoms with Crippen molar-refractivity contribution < 1.29 is 4.74 Å². The van der Waals surface area contributed by atoms with Crippen molar-refractivity contribution in [2.75, 3.05) is 57.8 Å². The molecule has 0 amide bonds. The van der Waals surface area contributed by atoms with Crippen LogP contribution in [0, 0.1) is 0 Å². The second-order valence-electron chi connectivity index (χ2n) is 10.0. The van der Waals surface area contributed by atoms with Gasteiger partial charge in [-0.3, -0.25) is 0 Å². The average Bonchev–Trinajstić information content (AvgIpc) is 3.30. The maximum atomic E-state index is 6.35. The molecule has 37 heavy (non-hydrogen) atoms. The topological polar surface area (TPSA) is 60.5 Å². The van der Waals surface area contributed by atoms with Gasteiger partial charge >= 0.3 is 0 Å². The molecule has 0 saturated carbocycles. The molecule has 0 spiro atoms. The summed E-state index contributed by atoms with van der Waals surface area (Å²) in [6.45, 7) is 7.25. The number of anilines is 1. The fourth-order valence-electron chi connectivity index (χ4n) is 5.56. The SMILES string of the molecule is CN1CCN(CCCOc2ccc([C@H]3c4[nH]c5ccc(Cl)cc5c4CCN3c3ncccn3)cc2)CC1. The van der Waals surface area contributed by atoms with Crippen molar-refractivity contribution in [1.29, 1.82) is 0 Å². The van der Waals surface area contributed by atoms with Crippen molar-refractivity contribution in [2.24, 2.45) is 0 Å². The van der Waals surface area contributed by atoms with Crippen molar-refractivity contribution in [3.8, 4) is 5.75 Å². The van der Waals surface area contributed by atoms with E-state index in [1.807, 2.05) is 12.1 Å². The predicted molar refractivity (Wildman–Crippen MR) is 149 cm³/mol. The first-order valence-corrected chi connectivity index (χ1v) is 13.5. The van der Waals surface area contributed by atoms with Crippen molar-refractivity contribution in [3.05, 3.63) is 82.8 Å². The first-order chi connectivity index (χ1) is 18.2. The molecule has 2 aliphatic heterocycles. The van der Waals surface area contributed by atoms with E-state index in [0.29, 0.717) is 0 Å². The summed E-state index contributed by atoms with van der Waals surface area (Å²) in [7, 11) is 2.19. The van der Waals surface area contributed by atoms with Gasteiger partial charge in [0.25, 0.3) is 0 Å². The lowest BCUT2D eigenvalue weighted by atomic mass is 9.92. The second kappa shape index (κ2) is 10.7. The van der Waals surface area contributed by atoms with Crippen LogP contribution in [-0.4, -0.2) is 77.7 Å². The number of benzene rings is 2. The summed E-state index contributed by atoms with van der Waals surface area (Å²) in [5.41, 5.74) is 4.78. The van der Waals surface area contributed by atoms with Gasteiger partial charge in [-0.25, -0.2) is 9.97 Å². The summed E-state index contributed by atoms with van der Waals surface area (Å²) in [5, 5.41) is 1.95. The molecule has 8 heteroatoms. The number of hydrogen-bond acceptors (Lipinski definition) is 6. The van der Waals surface area contributed by atoms with Crippen molar-refractivity contribution in [1.82, 2.24) is 24.8 Å². The fourth-order valence-corrected chi connectivity index (χ4v) is 5.73. The lowest BCUT2D eigenvalue weighted by Crippen LogP contribution is -2.44. The number of ether oxygens (including phenoxy) is 1. The van der Waals surface area contributed by atoms with Crippen LogP contribution in [0.5, 0.6) is 5.75 Å². The number of nitrogens with one attached hydrogen (secondary N) is 1. The summed E-state index contributed by atoms with van der Waals surface area (Å²) in [6, 6.07) is 16.4. The Morgan fingerprint density at radius 1 is 1.00 bits per heavy atom. The molecule has 4 aromatic rings. The highest BCUT2D eigenvalue weighted by Gasteiger charge is 2.33. The van der Waals surface area contributed by atoms with Gasteiger partial charge < -0.3 is 24.4 Å². The number of aromatic nitrogens is 3. The minimum atomic E-state index is -0.0244. The van der Waals surface area contributed by atoms with Gasteiger partial charge in [-0.2, -0.15) is 0 Å². The molecule has 6 rings (SSSR count). The summed E-state index contributed by atoms with van der Waals surface area (Å²) in [6.07, 6.45) is 5.55. The van der Waals surface area contributed by atoms with Crippen LogP contribution < -0.4 is 9.64 Å². The normalized spacial score (nSPS) is 18.8. The predicted octanol–water partition coefficient (Wildman–Crippen LogP) is 4.78. The zero-order chi connectivity index (χ0) is 25.2. The highest BCUT2D eigenvalue weighted by atomic mass is 35.5. The van der Waals surface area contributed by atoms with Gasteiger partial charge in [0, 0.05) is 73.3 Å². The number of H-pyrrole nitrogens is 1. The van der Waals surface area contributed by atoms with Crippen LogP contribution in [0.4, 0.5) is 5.95 Å². The molecule has 1 atom stereocenters. The molecule has 0 aliphatic carbocycles. The van der Waals surface area contributed by atoms with E-state index in [2.05, 4.69) is 73.1 Å². The molecule has 2 aromatic heterocycles. The van der Waals surface area contributed by atoms with Gasteiger partial charge in [-0.05, 0) is 67.4 Å². The van der Waals surface area contributed by atoms with Gasteiger partial charge in [-0.1, -0.05) is 23.7 Å². The highest BCUT2D eigenvalue weighted by molar-refractivity contribution is 6.31. The zero-order valence-electron chi connectivity index (χ0n) is 21.2. The molecule has 1 N–H and O–H groups in total. The van der Waals surface area contributed by atoms with Crippen LogP contribution in [-0.2, 0) is 6.42 Å². The standard InChI is InChI=1S/C29H33ClN6O/c1-34-15-17-35(18-16-34)13-3-19-37-23-7-4-21(5-8-23)28-27-24(25-20-22(30)6-9-26(25)33-27)10-14-36(28)29-31-11-2-12-32-29/h2,4-9,11-12,20,28,33H,3,10,13-19H2,1H3/t28-/m0/s1. The Balaban J connectivity index is 1.21. The van der Waals surface area contributed by atoms with E-state index in [4.69, 9.17) is 16.3 Å². The van der Waals surface area contributed by atoms with E-state index >= 15 is 0 Å². The Morgan fingerprint density at radius 2 is 1.78 bits per heavy atom. The smallest absolute Gasteiger partial charge is 0.226 e. The monoisotopic (exact) mass is 516 g/mol. The second-order valence-corrected chi connectivity index (χ2v) is 10.5. The molecule has 7 nitrogen and oxygen atoms in total. The van der Waals surface area contributed by atoms with Gasteiger partial charge in [0.05, 0.1) is 12.6 Å². The molecule has 2 aromatic carbocycles. The molecular formula is C29H33ClN6O. The Morgan fingerprint density at radius 3 is 2.57 bits per heavy atom. The lowest BCUT2D eigenvalue weighted by Gasteiger charge is -2.36. The summed E-state index contributed by atoms with van der Waals surface area (Å²) in [5.74, 6) is 1.64. The molecule has 4 heterocycles. The Hall–Kier alpha value is -3.13. The van der Waals surface area contributed by atoms with Crippen LogP contribution >= 0.6 is 11.6 Å². The number of rotatable bonds is 7. The number of fused-ring (bicyclic) bond motifs is 3. The van der Waals surface area contributed by atoms with E-state index < -0.39 is 0 Å².